The first kappa shape index (κ1) is 16.0. The van der Waals surface area contributed by atoms with Crippen LogP contribution in [0.15, 0.2) is 36.4 Å². The molecule has 1 aromatic carbocycles. The number of thiophene rings is 1. The van der Waals surface area contributed by atoms with Crippen LogP contribution in [0.3, 0.4) is 0 Å². The van der Waals surface area contributed by atoms with Crippen LogP contribution in [0, 0.1) is 5.82 Å². The first-order valence-electron chi connectivity index (χ1n) is 6.50. The molecule has 4 nitrogen and oxygen atoms in total. The molecule has 0 radical (unpaired) electrons. The molecular formula is C16H13FO4S. The number of benzene rings is 1. The fourth-order valence-corrected chi connectivity index (χ4v) is 2.54. The molecule has 6 heteroatoms. The molecule has 0 N–H and O–H groups in total. The van der Waals surface area contributed by atoms with Crippen molar-refractivity contribution in [3.05, 3.63) is 57.5 Å². The molecule has 2 aromatic rings. The monoisotopic (exact) mass is 320 g/mol. The lowest BCUT2D eigenvalue weighted by molar-refractivity contribution is 0.0323. The highest BCUT2D eigenvalue weighted by molar-refractivity contribution is 7.15. The molecule has 22 heavy (non-hydrogen) atoms. The second-order valence-electron chi connectivity index (χ2n) is 4.64. The van der Waals surface area contributed by atoms with Gasteiger partial charge in [-0.25, -0.2) is 9.18 Å². The van der Waals surface area contributed by atoms with Gasteiger partial charge in [0.15, 0.2) is 11.9 Å². The molecule has 0 aliphatic carbocycles. The first-order valence-corrected chi connectivity index (χ1v) is 7.31. The molecule has 0 fully saturated rings. The Bertz CT molecular complexity index is 718. The maximum absolute atomic E-state index is 12.8. The summed E-state index contributed by atoms with van der Waals surface area (Å²) in [7, 11) is 0. The van der Waals surface area contributed by atoms with Crippen LogP contribution in [0.4, 0.5) is 4.39 Å². The highest BCUT2D eigenvalue weighted by Gasteiger charge is 2.21. The molecule has 1 atom stereocenters. The minimum atomic E-state index is -0.999. The van der Waals surface area contributed by atoms with Crippen LogP contribution in [-0.4, -0.2) is 23.6 Å². The van der Waals surface area contributed by atoms with Crippen LogP contribution in [0.1, 0.15) is 43.5 Å². The summed E-state index contributed by atoms with van der Waals surface area (Å²) >= 11 is 1.02. The van der Waals surface area contributed by atoms with Crippen LogP contribution >= 0.6 is 11.3 Å². The molecule has 1 heterocycles. The quantitative estimate of drug-likeness (QED) is 0.625. The maximum Gasteiger partial charge on any atom is 0.349 e. The Balaban J connectivity index is 2.05. The Hall–Kier alpha value is -2.34. The Morgan fingerprint density at radius 3 is 2.18 bits per heavy atom. The Morgan fingerprint density at radius 1 is 1.05 bits per heavy atom. The van der Waals surface area contributed by atoms with Crippen molar-refractivity contribution in [2.45, 2.75) is 20.0 Å². The maximum atomic E-state index is 12.8. The predicted octanol–water partition coefficient (Wildman–Crippen LogP) is 3.52. The zero-order valence-electron chi connectivity index (χ0n) is 12.0. The van der Waals surface area contributed by atoms with Gasteiger partial charge in [0.2, 0.25) is 5.78 Å². The number of ketones is 2. The van der Waals surface area contributed by atoms with Crippen LogP contribution in [0.25, 0.3) is 0 Å². The molecule has 114 valence electrons. The highest BCUT2D eigenvalue weighted by atomic mass is 32.1. The Kier molecular flexibility index (Phi) is 4.82. The molecule has 0 spiro atoms. The topological polar surface area (TPSA) is 60.4 Å². The van der Waals surface area contributed by atoms with E-state index >= 15 is 0 Å². The molecule has 2 rings (SSSR count). The molecule has 0 saturated heterocycles. The van der Waals surface area contributed by atoms with Gasteiger partial charge in [-0.2, -0.15) is 0 Å². The zero-order valence-corrected chi connectivity index (χ0v) is 12.8. The summed E-state index contributed by atoms with van der Waals surface area (Å²) < 4.78 is 17.9. The van der Waals surface area contributed by atoms with Gasteiger partial charge in [-0.1, -0.05) is 0 Å². The summed E-state index contributed by atoms with van der Waals surface area (Å²) in [6.07, 6.45) is -0.999. The minimum absolute atomic E-state index is 0.139. The van der Waals surface area contributed by atoms with E-state index in [4.69, 9.17) is 4.74 Å². The number of rotatable bonds is 5. The number of esters is 1. The summed E-state index contributed by atoms with van der Waals surface area (Å²) in [4.78, 5) is 35.9. The molecule has 1 unspecified atom stereocenters. The summed E-state index contributed by atoms with van der Waals surface area (Å²) in [5.41, 5.74) is 0.261. The fourth-order valence-electron chi connectivity index (χ4n) is 1.76. The third-order valence-electron chi connectivity index (χ3n) is 2.94. The number of ether oxygens (including phenoxy) is 1. The van der Waals surface area contributed by atoms with E-state index in [0.29, 0.717) is 4.88 Å². The molecule has 1 aromatic heterocycles. The van der Waals surface area contributed by atoms with Gasteiger partial charge in [0, 0.05) is 5.56 Å². The van der Waals surface area contributed by atoms with Crippen molar-refractivity contribution in [3.63, 3.8) is 0 Å². The Morgan fingerprint density at radius 2 is 1.64 bits per heavy atom. The number of Topliss-reactive ketones (excluding diaryl/α,β-unsaturated/α-hetero) is 2. The van der Waals surface area contributed by atoms with Gasteiger partial charge in [0.25, 0.3) is 0 Å². The Labute approximate surface area is 130 Å². The molecule has 0 saturated carbocycles. The molecule has 0 aliphatic rings. The summed E-state index contributed by atoms with van der Waals surface area (Å²) in [5.74, 6) is -1.67. The molecule has 0 bridgehead atoms. The van der Waals surface area contributed by atoms with Crippen molar-refractivity contribution in [2.75, 3.05) is 0 Å². The average molecular weight is 320 g/mol. The van der Waals surface area contributed by atoms with Crippen molar-refractivity contribution >= 4 is 28.9 Å². The smallest absolute Gasteiger partial charge is 0.349 e. The SMILES string of the molecule is CC(=O)c1ccc(C(=O)OC(C)C(=O)c2ccc(F)cc2)s1. The van der Waals surface area contributed by atoms with Crippen LogP contribution in [0.2, 0.25) is 0 Å². The van der Waals surface area contributed by atoms with Crippen molar-refractivity contribution in [3.8, 4) is 0 Å². The van der Waals surface area contributed by atoms with Crippen molar-refractivity contribution in [1.82, 2.24) is 0 Å². The molecule has 0 amide bonds. The van der Waals surface area contributed by atoms with Gasteiger partial charge in [-0.05, 0) is 50.2 Å². The van der Waals surface area contributed by atoms with E-state index in [0.717, 1.165) is 11.3 Å². The normalized spacial score (nSPS) is 11.8. The van der Waals surface area contributed by atoms with E-state index in [2.05, 4.69) is 0 Å². The summed E-state index contributed by atoms with van der Waals surface area (Å²) in [6, 6.07) is 8.03. The molecular weight excluding hydrogens is 307 g/mol. The van der Waals surface area contributed by atoms with Gasteiger partial charge in [-0.15, -0.1) is 11.3 Å². The van der Waals surface area contributed by atoms with E-state index in [-0.39, 0.29) is 16.2 Å². The zero-order chi connectivity index (χ0) is 16.3. The van der Waals surface area contributed by atoms with E-state index in [9.17, 15) is 18.8 Å². The third-order valence-corrected chi connectivity index (χ3v) is 4.10. The highest BCUT2D eigenvalue weighted by Crippen LogP contribution is 2.19. The number of hydrogen-bond donors (Lipinski definition) is 0. The summed E-state index contributed by atoms with van der Waals surface area (Å²) in [6.45, 7) is 2.85. The van der Waals surface area contributed by atoms with Crippen molar-refractivity contribution < 1.29 is 23.5 Å². The predicted molar refractivity (Wildman–Crippen MR) is 79.9 cm³/mol. The lowest BCUT2D eigenvalue weighted by Gasteiger charge is -2.11. The van der Waals surface area contributed by atoms with Crippen LogP contribution in [-0.2, 0) is 4.74 Å². The lowest BCUT2D eigenvalue weighted by atomic mass is 10.1. The van der Waals surface area contributed by atoms with Gasteiger partial charge >= 0.3 is 5.97 Å². The minimum Gasteiger partial charge on any atom is -0.450 e. The summed E-state index contributed by atoms with van der Waals surface area (Å²) in [5, 5.41) is 0. The third kappa shape index (κ3) is 3.65. The van der Waals surface area contributed by atoms with Crippen LogP contribution in [0.5, 0.6) is 0 Å². The van der Waals surface area contributed by atoms with Crippen LogP contribution < -0.4 is 0 Å². The van der Waals surface area contributed by atoms with Gasteiger partial charge < -0.3 is 4.74 Å². The average Bonchev–Trinajstić information content (AvgIpc) is 2.97. The lowest BCUT2D eigenvalue weighted by Crippen LogP contribution is -2.24. The largest absolute Gasteiger partial charge is 0.450 e. The second kappa shape index (κ2) is 6.62. The van der Waals surface area contributed by atoms with Gasteiger partial charge in [0.1, 0.15) is 10.7 Å². The fraction of sp³-hybridized carbons (Fsp3) is 0.188. The standard InChI is InChI=1S/C16H13FO4S/c1-9(18)13-7-8-14(22-13)16(20)21-10(2)15(19)11-3-5-12(17)6-4-11/h3-8,10H,1-2H3. The second-order valence-corrected chi connectivity index (χ2v) is 5.72. The van der Waals surface area contributed by atoms with E-state index in [1.54, 1.807) is 0 Å². The van der Waals surface area contributed by atoms with Gasteiger partial charge in [-0.3, -0.25) is 9.59 Å². The van der Waals surface area contributed by atoms with Gasteiger partial charge in [0.05, 0.1) is 4.88 Å². The van der Waals surface area contributed by atoms with E-state index < -0.39 is 23.7 Å². The van der Waals surface area contributed by atoms with E-state index in [1.807, 2.05) is 0 Å². The number of carbonyl (C=O) groups excluding carboxylic acids is 3. The number of halogens is 1. The van der Waals surface area contributed by atoms with Crippen molar-refractivity contribution in [2.24, 2.45) is 0 Å². The van der Waals surface area contributed by atoms with Crippen molar-refractivity contribution in [1.29, 1.82) is 0 Å². The van der Waals surface area contributed by atoms with E-state index in [1.165, 1.54) is 50.2 Å². The number of carbonyl (C=O) groups is 3. The first-order chi connectivity index (χ1) is 10.4. The number of hydrogen-bond acceptors (Lipinski definition) is 5. The molecule has 0 aliphatic heterocycles.